The zero-order valence-electron chi connectivity index (χ0n) is 9.95. The van der Waals surface area contributed by atoms with Crippen LogP contribution in [0.1, 0.15) is 31.9 Å². The van der Waals surface area contributed by atoms with Gasteiger partial charge in [0.05, 0.1) is 4.75 Å². The average Bonchev–Trinajstić information content (AvgIpc) is 2.17. The number of hydrogen-bond acceptors (Lipinski definition) is 1. The van der Waals surface area contributed by atoms with Gasteiger partial charge in [0.15, 0.2) is 0 Å². The second-order valence-electron chi connectivity index (χ2n) is 4.62. The van der Waals surface area contributed by atoms with Crippen LogP contribution in [0.2, 0.25) is 5.02 Å². The molecule has 16 heavy (non-hydrogen) atoms. The van der Waals surface area contributed by atoms with Crippen molar-refractivity contribution < 1.29 is 4.21 Å². The van der Waals surface area contributed by atoms with Gasteiger partial charge < -0.3 is 0 Å². The molecule has 88 valence electrons. The number of hydrogen-bond donors (Lipinski definition) is 0. The van der Waals surface area contributed by atoms with Crippen molar-refractivity contribution in [3.05, 3.63) is 34.3 Å². The summed E-state index contributed by atoms with van der Waals surface area (Å²) in [5.74, 6) is 0. The molecule has 0 aromatic heterocycles. The fourth-order valence-electron chi connectivity index (χ4n) is 1.02. The van der Waals surface area contributed by atoms with E-state index >= 15 is 0 Å². The molecule has 0 N–H and O–H groups in total. The highest BCUT2D eigenvalue weighted by Crippen LogP contribution is 2.17. The molecule has 1 aromatic carbocycles. The number of nitrogens with zero attached hydrogens (tertiary/aromatic N) is 1. The summed E-state index contributed by atoms with van der Waals surface area (Å²) in [5, 5.41) is 0.625. The highest BCUT2D eigenvalue weighted by Gasteiger charge is 2.18. The first-order chi connectivity index (χ1) is 7.30. The second kappa shape index (κ2) is 5.11. The molecule has 0 saturated heterocycles. The Morgan fingerprint density at radius 1 is 1.38 bits per heavy atom. The zero-order valence-corrected chi connectivity index (χ0v) is 11.5. The van der Waals surface area contributed by atoms with Crippen molar-refractivity contribution in [2.24, 2.45) is 4.40 Å². The summed E-state index contributed by atoms with van der Waals surface area (Å²) in [6.45, 7) is 7.64. The molecule has 1 atom stereocenters. The zero-order chi connectivity index (χ0) is 12.3. The van der Waals surface area contributed by atoms with Crippen LogP contribution in [-0.2, 0) is 11.0 Å². The van der Waals surface area contributed by atoms with Crippen LogP contribution in [0.15, 0.2) is 22.6 Å². The van der Waals surface area contributed by atoms with Crippen molar-refractivity contribution in [3.63, 3.8) is 0 Å². The van der Waals surface area contributed by atoms with Gasteiger partial charge in [-0.3, -0.25) is 0 Å². The van der Waals surface area contributed by atoms with Gasteiger partial charge in [-0.1, -0.05) is 23.2 Å². The van der Waals surface area contributed by atoms with Crippen LogP contribution in [-0.4, -0.2) is 15.2 Å². The van der Waals surface area contributed by atoms with E-state index in [9.17, 15) is 4.21 Å². The lowest BCUT2D eigenvalue weighted by molar-refractivity contribution is 0.651. The molecule has 0 saturated carbocycles. The monoisotopic (exact) mass is 257 g/mol. The Hall–Kier alpha value is -0.670. The van der Waals surface area contributed by atoms with Crippen molar-refractivity contribution in [3.8, 4) is 0 Å². The quantitative estimate of drug-likeness (QED) is 0.746. The minimum atomic E-state index is -1.24. The van der Waals surface area contributed by atoms with Crippen LogP contribution >= 0.6 is 11.6 Å². The highest BCUT2D eigenvalue weighted by molar-refractivity contribution is 7.85. The lowest BCUT2D eigenvalue weighted by atomic mass is 10.1. The molecular formula is C12H16ClNOS. The lowest BCUT2D eigenvalue weighted by Gasteiger charge is -2.12. The first kappa shape index (κ1) is 13.4. The summed E-state index contributed by atoms with van der Waals surface area (Å²) in [6, 6.07) is 5.67. The summed E-state index contributed by atoms with van der Waals surface area (Å²) in [6.07, 6.45) is 1.58. The predicted octanol–water partition coefficient (Wildman–Crippen LogP) is 3.53. The average molecular weight is 258 g/mol. The topological polar surface area (TPSA) is 29.4 Å². The van der Waals surface area contributed by atoms with Gasteiger partial charge in [-0.15, -0.1) is 0 Å². The van der Waals surface area contributed by atoms with E-state index in [-0.39, 0.29) is 4.75 Å². The van der Waals surface area contributed by atoms with Gasteiger partial charge in [0.1, 0.15) is 11.0 Å². The third-order valence-corrected chi connectivity index (χ3v) is 3.65. The maximum Gasteiger partial charge on any atom is 0.144 e. The standard InChI is InChI=1S/C12H16ClNOS/c1-9-5-6-11(13)10(7-9)8-14-16(15)12(2,3)4/h5-8H,1-4H3/t16-/m1/s1. The van der Waals surface area contributed by atoms with Crippen molar-refractivity contribution in [1.82, 2.24) is 0 Å². The molecule has 0 amide bonds. The van der Waals surface area contributed by atoms with E-state index in [0.717, 1.165) is 11.1 Å². The smallest absolute Gasteiger partial charge is 0.144 e. The highest BCUT2D eigenvalue weighted by atomic mass is 35.5. The van der Waals surface area contributed by atoms with Crippen LogP contribution in [0.4, 0.5) is 0 Å². The molecule has 0 aliphatic rings. The number of aryl methyl sites for hydroxylation is 1. The van der Waals surface area contributed by atoms with E-state index in [2.05, 4.69) is 4.40 Å². The fraction of sp³-hybridized carbons (Fsp3) is 0.417. The van der Waals surface area contributed by atoms with Gasteiger partial charge in [0.2, 0.25) is 0 Å². The van der Waals surface area contributed by atoms with E-state index in [1.807, 2.05) is 45.9 Å². The maximum atomic E-state index is 11.7. The van der Waals surface area contributed by atoms with Gasteiger partial charge in [-0.2, -0.15) is 4.40 Å². The number of rotatable bonds is 2. The Labute approximate surface area is 104 Å². The van der Waals surface area contributed by atoms with Gasteiger partial charge >= 0.3 is 0 Å². The van der Waals surface area contributed by atoms with Crippen molar-refractivity contribution >= 4 is 28.8 Å². The predicted molar refractivity (Wildman–Crippen MR) is 71.7 cm³/mol. The molecule has 0 radical (unpaired) electrons. The largest absolute Gasteiger partial charge is 0.234 e. The molecule has 0 fully saturated rings. The van der Waals surface area contributed by atoms with Crippen LogP contribution in [0.25, 0.3) is 0 Å². The van der Waals surface area contributed by atoms with Crippen molar-refractivity contribution in [1.29, 1.82) is 0 Å². The second-order valence-corrected chi connectivity index (χ2v) is 6.96. The summed E-state index contributed by atoms with van der Waals surface area (Å²) in [7, 11) is -1.24. The van der Waals surface area contributed by atoms with Crippen LogP contribution in [0.5, 0.6) is 0 Å². The van der Waals surface area contributed by atoms with E-state index in [1.165, 1.54) is 0 Å². The van der Waals surface area contributed by atoms with Gasteiger partial charge in [0.25, 0.3) is 0 Å². The molecule has 0 unspecified atom stereocenters. The lowest BCUT2D eigenvalue weighted by Crippen LogP contribution is -2.19. The molecule has 0 bridgehead atoms. The summed E-state index contributed by atoms with van der Waals surface area (Å²) in [5.41, 5.74) is 1.91. The van der Waals surface area contributed by atoms with E-state index in [1.54, 1.807) is 6.21 Å². The minimum Gasteiger partial charge on any atom is -0.234 e. The van der Waals surface area contributed by atoms with Crippen molar-refractivity contribution in [2.75, 3.05) is 0 Å². The molecule has 0 spiro atoms. The van der Waals surface area contributed by atoms with E-state index in [4.69, 9.17) is 11.6 Å². The Balaban J connectivity index is 2.93. The molecule has 1 aromatic rings. The van der Waals surface area contributed by atoms with Gasteiger partial charge in [-0.05, 0) is 39.8 Å². The Morgan fingerprint density at radius 2 is 2.00 bits per heavy atom. The Kier molecular flexibility index (Phi) is 4.28. The maximum absolute atomic E-state index is 11.7. The molecule has 0 aliphatic heterocycles. The van der Waals surface area contributed by atoms with Gasteiger partial charge in [-0.25, -0.2) is 4.21 Å². The van der Waals surface area contributed by atoms with Gasteiger partial charge in [0, 0.05) is 16.8 Å². The summed E-state index contributed by atoms with van der Waals surface area (Å²) >= 11 is 6.00. The van der Waals surface area contributed by atoms with E-state index < -0.39 is 11.0 Å². The molecule has 1 rings (SSSR count). The third kappa shape index (κ3) is 3.72. The molecule has 0 heterocycles. The van der Waals surface area contributed by atoms with Crippen molar-refractivity contribution in [2.45, 2.75) is 32.4 Å². The molecule has 0 aliphatic carbocycles. The van der Waals surface area contributed by atoms with E-state index in [0.29, 0.717) is 5.02 Å². The first-order valence-electron chi connectivity index (χ1n) is 5.03. The van der Waals surface area contributed by atoms with Crippen LogP contribution in [0.3, 0.4) is 0 Å². The normalized spacial score (nSPS) is 14.3. The Morgan fingerprint density at radius 3 is 2.56 bits per heavy atom. The molecule has 4 heteroatoms. The fourth-order valence-corrected chi connectivity index (χ4v) is 1.72. The SMILES string of the molecule is Cc1ccc(Cl)c(C=N[S@](=O)C(C)(C)C)c1. The summed E-state index contributed by atoms with van der Waals surface area (Å²) in [4.78, 5) is 0. The first-order valence-corrected chi connectivity index (χ1v) is 6.51. The molecule has 2 nitrogen and oxygen atoms in total. The minimum absolute atomic E-state index is 0.340. The number of benzene rings is 1. The molecular weight excluding hydrogens is 242 g/mol. The van der Waals surface area contributed by atoms with Crippen LogP contribution in [0, 0.1) is 6.92 Å². The third-order valence-electron chi connectivity index (χ3n) is 1.96. The Bertz CT molecular complexity index is 435. The summed E-state index contributed by atoms with van der Waals surface area (Å²) < 4.78 is 15.4. The van der Waals surface area contributed by atoms with Crippen LogP contribution < -0.4 is 0 Å². The number of halogens is 1.